The van der Waals surface area contributed by atoms with Gasteiger partial charge in [-0.2, -0.15) is 0 Å². The molecule has 3 unspecified atom stereocenters. The number of rotatable bonds is 4. The van der Waals surface area contributed by atoms with Crippen LogP contribution in [0.4, 0.5) is 0 Å². The highest BCUT2D eigenvalue weighted by atomic mass is 16.5. The van der Waals surface area contributed by atoms with E-state index in [2.05, 4.69) is 12.4 Å². The SMILES string of the molecule is CNC(CC1CCOC1)C1CCOC2(CCCC2)C1. The zero-order valence-electron chi connectivity index (χ0n) is 12.3. The highest BCUT2D eigenvalue weighted by Gasteiger charge is 2.42. The molecule has 110 valence electrons. The maximum absolute atomic E-state index is 6.17. The molecule has 2 aliphatic heterocycles. The largest absolute Gasteiger partial charge is 0.381 e. The Morgan fingerprint density at radius 3 is 2.74 bits per heavy atom. The van der Waals surface area contributed by atoms with Crippen LogP contribution in [0.1, 0.15) is 51.4 Å². The predicted molar refractivity (Wildman–Crippen MR) is 76.3 cm³/mol. The van der Waals surface area contributed by atoms with Crippen LogP contribution in [-0.4, -0.2) is 38.5 Å². The molecular weight excluding hydrogens is 238 g/mol. The maximum atomic E-state index is 6.17. The van der Waals surface area contributed by atoms with Gasteiger partial charge >= 0.3 is 0 Å². The van der Waals surface area contributed by atoms with Crippen molar-refractivity contribution in [2.75, 3.05) is 26.9 Å². The van der Waals surface area contributed by atoms with Crippen LogP contribution >= 0.6 is 0 Å². The topological polar surface area (TPSA) is 30.5 Å². The van der Waals surface area contributed by atoms with Crippen LogP contribution in [0.2, 0.25) is 0 Å². The first kappa shape index (κ1) is 13.8. The van der Waals surface area contributed by atoms with Gasteiger partial charge in [-0.15, -0.1) is 0 Å². The molecule has 0 aromatic carbocycles. The summed E-state index contributed by atoms with van der Waals surface area (Å²) in [5, 5.41) is 3.59. The second-order valence-electron chi connectivity index (χ2n) is 6.85. The summed E-state index contributed by atoms with van der Waals surface area (Å²) in [4.78, 5) is 0. The third-order valence-corrected chi connectivity index (χ3v) is 5.60. The summed E-state index contributed by atoms with van der Waals surface area (Å²) in [6.07, 6.45) is 10.4. The van der Waals surface area contributed by atoms with Crippen molar-refractivity contribution in [3.05, 3.63) is 0 Å². The van der Waals surface area contributed by atoms with Crippen LogP contribution in [0.25, 0.3) is 0 Å². The van der Waals surface area contributed by atoms with E-state index in [-0.39, 0.29) is 5.60 Å². The zero-order valence-corrected chi connectivity index (χ0v) is 12.3. The van der Waals surface area contributed by atoms with E-state index in [0.717, 1.165) is 31.7 Å². The van der Waals surface area contributed by atoms with E-state index in [1.54, 1.807) is 0 Å². The Balaban J connectivity index is 1.58. The summed E-state index contributed by atoms with van der Waals surface area (Å²) in [6, 6.07) is 0.660. The van der Waals surface area contributed by atoms with E-state index < -0.39 is 0 Å². The summed E-state index contributed by atoms with van der Waals surface area (Å²) < 4.78 is 11.7. The van der Waals surface area contributed by atoms with Crippen molar-refractivity contribution in [1.82, 2.24) is 5.32 Å². The minimum absolute atomic E-state index is 0.254. The van der Waals surface area contributed by atoms with Crippen LogP contribution in [0.15, 0.2) is 0 Å². The molecule has 0 aromatic heterocycles. The van der Waals surface area contributed by atoms with Crippen LogP contribution < -0.4 is 5.32 Å². The molecule has 0 bridgehead atoms. The lowest BCUT2D eigenvalue weighted by Crippen LogP contribution is -2.45. The van der Waals surface area contributed by atoms with Crippen LogP contribution in [-0.2, 0) is 9.47 Å². The van der Waals surface area contributed by atoms with Crippen LogP contribution in [0, 0.1) is 11.8 Å². The standard InChI is InChI=1S/C16H29NO2/c1-17-15(10-13-4-8-18-12-13)14-5-9-19-16(11-14)6-2-3-7-16/h13-15,17H,2-12H2,1H3. The molecule has 3 nitrogen and oxygen atoms in total. The predicted octanol–water partition coefficient (Wildman–Crippen LogP) is 2.74. The molecule has 1 N–H and O–H groups in total. The van der Waals surface area contributed by atoms with Gasteiger partial charge < -0.3 is 14.8 Å². The van der Waals surface area contributed by atoms with Gasteiger partial charge in [0, 0.05) is 25.9 Å². The Kier molecular flexibility index (Phi) is 4.45. The third kappa shape index (κ3) is 3.14. The first-order valence-corrected chi connectivity index (χ1v) is 8.20. The molecule has 0 aromatic rings. The molecule has 1 saturated carbocycles. The lowest BCUT2D eigenvalue weighted by atomic mass is 9.78. The lowest BCUT2D eigenvalue weighted by Gasteiger charge is -2.41. The summed E-state index contributed by atoms with van der Waals surface area (Å²) in [5.74, 6) is 1.58. The molecule has 1 aliphatic carbocycles. The average Bonchev–Trinajstić information content (AvgIpc) is 3.08. The van der Waals surface area contributed by atoms with Gasteiger partial charge in [0.05, 0.1) is 5.60 Å². The van der Waals surface area contributed by atoms with Crippen molar-refractivity contribution in [2.45, 2.75) is 63.0 Å². The molecule has 3 atom stereocenters. The van der Waals surface area contributed by atoms with Gasteiger partial charge in [0.25, 0.3) is 0 Å². The second kappa shape index (κ2) is 6.11. The first-order valence-electron chi connectivity index (χ1n) is 8.20. The number of hydrogen-bond donors (Lipinski definition) is 1. The van der Waals surface area contributed by atoms with Crippen molar-refractivity contribution in [3.63, 3.8) is 0 Å². The van der Waals surface area contributed by atoms with Crippen molar-refractivity contribution in [2.24, 2.45) is 11.8 Å². The zero-order chi connectivity index (χ0) is 13.1. The molecule has 3 heteroatoms. The maximum Gasteiger partial charge on any atom is 0.0685 e. The second-order valence-corrected chi connectivity index (χ2v) is 6.85. The lowest BCUT2D eigenvalue weighted by molar-refractivity contribution is -0.0985. The molecule has 2 saturated heterocycles. The molecule has 3 fully saturated rings. The Morgan fingerprint density at radius 2 is 2.05 bits per heavy atom. The van der Waals surface area contributed by atoms with E-state index in [0.29, 0.717) is 6.04 Å². The van der Waals surface area contributed by atoms with Gasteiger partial charge in [-0.3, -0.25) is 0 Å². The Labute approximate surface area is 117 Å². The van der Waals surface area contributed by atoms with Crippen molar-refractivity contribution in [3.8, 4) is 0 Å². The van der Waals surface area contributed by atoms with E-state index in [1.165, 1.54) is 51.4 Å². The van der Waals surface area contributed by atoms with E-state index in [4.69, 9.17) is 9.47 Å². The summed E-state index contributed by atoms with van der Waals surface area (Å²) in [6.45, 7) is 2.93. The fraction of sp³-hybridized carbons (Fsp3) is 1.00. The molecule has 0 amide bonds. The Hall–Kier alpha value is -0.120. The van der Waals surface area contributed by atoms with Crippen molar-refractivity contribution in [1.29, 1.82) is 0 Å². The van der Waals surface area contributed by atoms with E-state index >= 15 is 0 Å². The average molecular weight is 267 g/mol. The van der Waals surface area contributed by atoms with Gasteiger partial charge in [0.2, 0.25) is 0 Å². The fourth-order valence-corrected chi connectivity index (χ4v) is 4.45. The minimum atomic E-state index is 0.254. The number of ether oxygens (including phenoxy) is 2. The van der Waals surface area contributed by atoms with Crippen molar-refractivity contribution >= 4 is 0 Å². The minimum Gasteiger partial charge on any atom is -0.381 e. The fourth-order valence-electron chi connectivity index (χ4n) is 4.45. The molecule has 19 heavy (non-hydrogen) atoms. The smallest absolute Gasteiger partial charge is 0.0685 e. The monoisotopic (exact) mass is 267 g/mol. The molecule has 1 spiro atoms. The summed E-state index contributed by atoms with van der Waals surface area (Å²) in [7, 11) is 2.14. The molecule has 3 aliphatic rings. The molecule has 3 rings (SSSR count). The molecular formula is C16H29NO2. The van der Waals surface area contributed by atoms with Gasteiger partial charge in [0.15, 0.2) is 0 Å². The first-order chi connectivity index (χ1) is 9.31. The number of hydrogen-bond acceptors (Lipinski definition) is 3. The highest BCUT2D eigenvalue weighted by Crippen LogP contribution is 2.43. The van der Waals surface area contributed by atoms with Gasteiger partial charge in [-0.05, 0) is 57.4 Å². The Bertz CT molecular complexity index is 282. The van der Waals surface area contributed by atoms with Crippen LogP contribution in [0.3, 0.4) is 0 Å². The summed E-state index contributed by atoms with van der Waals surface area (Å²) in [5.41, 5.74) is 0.254. The van der Waals surface area contributed by atoms with Crippen molar-refractivity contribution < 1.29 is 9.47 Å². The summed E-state index contributed by atoms with van der Waals surface area (Å²) >= 11 is 0. The van der Waals surface area contributed by atoms with E-state index in [9.17, 15) is 0 Å². The van der Waals surface area contributed by atoms with Gasteiger partial charge in [-0.25, -0.2) is 0 Å². The van der Waals surface area contributed by atoms with Crippen LogP contribution in [0.5, 0.6) is 0 Å². The van der Waals surface area contributed by atoms with Gasteiger partial charge in [-0.1, -0.05) is 12.8 Å². The quantitative estimate of drug-likeness (QED) is 0.849. The molecule has 0 radical (unpaired) electrons. The van der Waals surface area contributed by atoms with Gasteiger partial charge in [0.1, 0.15) is 0 Å². The number of nitrogens with one attached hydrogen (secondary N) is 1. The van der Waals surface area contributed by atoms with E-state index in [1.807, 2.05) is 0 Å². The molecule has 2 heterocycles. The normalized spacial score (nSPS) is 35.8. The Morgan fingerprint density at radius 1 is 1.21 bits per heavy atom. The highest BCUT2D eigenvalue weighted by molar-refractivity contribution is 4.94. The third-order valence-electron chi connectivity index (χ3n) is 5.60.